The van der Waals surface area contributed by atoms with E-state index in [0.717, 1.165) is 11.8 Å². The zero-order valence-corrected chi connectivity index (χ0v) is 19.2. The minimum absolute atomic E-state index is 0. The van der Waals surface area contributed by atoms with Crippen LogP contribution in [0.5, 0.6) is 0 Å². The van der Waals surface area contributed by atoms with E-state index in [0.29, 0.717) is 0 Å². The van der Waals surface area contributed by atoms with Gasteiger partial charge in [-0.1, -0.05) is 52.5 Å². The van der Waals surface area contributed by atoms with E-state index >= 15 is 0 Å². The maximum absolute atomic E-state index is 7.08. The predicted octanol–water partition coefficient (Wildman–Crippen LogP) is -0.991. The molecule has 2 unspecified atom stereocenters. The van der Waals surface area contributed by atoms with E-state index in [1.54, 1.807) is 23.3 Å². The van der Waals surface area contributed by atoms with Crippen molar-refractivity contribution < 1.29 is 48.1 Å². The normalized spacial score (nSPS) is 22.0. The predicted molar refractivity (Wildman–Crippen MR) is 83.9 cm³/mol. The zero-order valence-electron chi connectivity index (χ0n) is 13.2. The fourth-order valence-electron chi connectivity index (χ4n) is 1.69. The van der Waals surface area contributed by atoms with Gasteiger partial charge in [0.1, 0.15) is 0 Å². The van der Waals surface area contributed by atoms with Crippen LogP contribution in [0.1, 0.15) is 12.8 Å². The van der Waals surface area contributed by atoms with Crippen LogP contribution in [-0.4, -0.2) is 13.7 Å². The summed E-state index contributed by atoms with van der Waals surface area (Å²) in [6.07, 6.45) is 14.1. The summed E-state index contributed by atoms with van der Waals surface area (Å²) in [6.45, 7) is 10.6. The molecular weight excluding hydrogens is 400 g/mol. The first-order valence-electron chi connectivity index (χ1n) is 6.65. The van der Waals surface area contributed by atoms with E-state index in [1.807, 2.05) is 19.6 Å². The van der Waals surface area contributed by atoms with Crippen LogP contribution < -0.4 is 24.8 Å². The van der Waals surface area contributed by atoms with Crippen LogP contribution in [0.2, 0.25) is 32.7 Å². The van der Waals surface area contributed by atoms with Crippen LogP contribution in [0.3, 0.4) is 0 Å². The van der Waals surface area contributed by atoms with Crippen LogP contribution in [0.25, 0.3) is 5.40 Å². The number of allylic oxidation sites excluding steroid dienone is 4. The molecule has 20 heavy (non-hydrogen) atoms. The molecule has 2 atom stereocenters. The molecule has 2 aliphatic carbocycles. The van der Waals surface area contributed by atoms with E-state index in [2.05, 4.69) is 43.8 Å². The largest absolute Gasteiger partial charge is 1.00 e. The molecule has 0 aromatic rings. The van der Waals surface area contributed by atoms with E-state index in [-0.39, 0.29) is 30.2 Å². The van der Waals surface area contributed by atoms with Crippen molar-refractivity contribution in [3.63, 3.8) is 0 Å². The molecule has 0 spiro atoms. The van der Waals surface area contributed by atoms with Gasteiger partial charge in [0.15, 0.2) is 0 Å². The Morgan fingerprint density at radius 3 is 1.95 bits per heavy atom. The Bertz CT molecular complexity index is 287. The first kappa shape index (κ1) is 26.2. The van der Waals surface area contributed by atoms with E-state index in [9.17, 15) is 0 Å². The summed E-state index contributed by atoms with van der Waals surface area (Å²) < 4.78 is 0. The van der Waals surface area contributed by atoms with Gasteiger partial charge < -0.3 is 36.6 Å². The number of rotatable bonds is 0. The van der Waals surface area contributed by atoms with Gasteiger partial charge in [0, 0.05) is 0 Å². The molecule has 0 aromatic carbocycles. The number of nitrogens with one attached hydrogen (secondary N) is 1. The Kier molecular flexibility index (Phi) is 18.3. The van der Waals surface area contributed by atoms with Gasteiger partial charge in [-0.25, -0.2) is 0 Å². The first-order chi connectivity index (χ1) is 8.20. The molecule has 1 nitrogen and oxygen atoms in total. The van der Waals surface area contributed by atoms with E-state index in [1.165, 1.54) is 12.8 Å². The molecule has 0 aromatic heterocycles. The van der Waals surface area contributed by atoms with Gasteiger partial charge in [0.25, 0.3) is 0 Å². The van der Waals surface area contributed by atoms with Crippen molar-refractivity contribution in [1.82, 2.24) is 0 Å². The Labute approximate surface area is 154 Å². The SMILES string of the molecule is C1=CC2[CH-]CCC2C=C1.C[Si](C)(C)[NH-].C[Si](C)=[Zr+2].[Cl-].[Cl-]. The van der Waals surface area contributed by atoms with E-state index < -0.39 is 8.24 Å². The smallest absolute Gasteiger partial charge is 1.00 e. The zero-order chi connectivity index (χ0) is 14.2. The second-order valence-electron chi connectivity index (χ2n) is 6.07. The van der Waals surface area contributed by atoms with Crippen molar-refractivity contribution in [1.29, 1.82) is 0 Å². The van der Waals surface area contributed by atoms with Crippen molar-refractivity contribution in [2.24, 2.45) is 11.8 Å². The van der Waals surface area contributed by atoms with Gasteiger partial charge in [-0.2, -0.15) is 6.42 Å². The summed E-state index contributed by atoms with van der Waals surface area (Å²) in [4.78, 5) is 0. The summed E-state index contributed by atoms with van der Waals surface area (Å²) >= 11 is 1.74. The van der Waals surface area contributed by atoms with E-state index in [4.69, 9.17) is 5.40 Å². The van der Waals surface area contributed by atoms with Crippen LogP contribution in [0.15, 0.2) is 24.3 Å². The van der Waals surface area contributed by atoms with Crippen LogP contribution in [0.4, 0.5) is 0 Å². The molecule has 0 aliphatic heterocycles. The molecule has 0 bridgehead atoms. The average molecular weight is 428 g/mol. The second-order valence-corrected chi connectivity index (χ2v) is 19.9. The Balaban J connectivity index is -0.000000232. The first-order valence-corrected chi connectivity index (χ1v) is 16.3. The molecule has 116 valence electrons. The molecule has 6 heteroatoms. The number of halogens is 2. The van der Waals surface area contributed by atoms with Crippen molar-refractivity contribution in [2.75, 3.05) is 0 Å². The third kappa shape index (κ3) is 19.3. The molecule has 1 fully saturated rings. The Morgan fingerprint density at radius 2 is 1.55 bits per heavy atom. The minimum Gasteiger partial charge on any atom is -1.00 e. The van der Waals surface area contributed by atoms with Crippen molar-refractivity contribution >= 4 is 13.7 Å². The van der Waals surface area contributed by atoms with Gasteiger partial charge >= 0.3 is 41.9 Å². The summed E-state index contributed by atoms with van der Waals surface area (Å²) in [7, 11) is -1.36. The third-order valence-corrected chi connectivity index (χ3v) is 2.24. The molecule has 0 heterocycles. The van der Waals surface area contributed by atoms with Gasteiger partial charge in [0.05, 0.1) is 0 Å². The molecule has 0 amide bonds. The minimum atomic E-state index is -1.36. The standard InChI is InChI=1S/C9H11.C3H10NSi.C2H6Si.2ClH.Zr/c1-2-5-9-7-3-6-8(9)4-1;1-5(2,3)4;1-3-2;;;/h1-2,4-6,8-9H,3,7H2;4H,1-3H3;1-2H3;2*1H;/q2*-1;;;;+2/p-2. The topological polar surface area (TPSA) is 23.8 Å². The van der Waals surface area contributed by atoms with Gasteiger partial charge in [-0.3, -0.25) is 0 Å². The molecule has 0 saturated heterocycles. The van der Waals surface area contributed by atoms with Crippen LogP contribution in [0, 0.1) is 18.3 Å². The average Bonchev–Trinajstić information content (AvgIpc) is 2.61. The van der Waals surface area contributed by atoms with Crippen molar-refractivity contribution in [3.8, 4) is 0 Å². The molecule has 2 aliphatic rings. The van der Waals surface area contributed by atoms with Gasteiger partial charge in [-0.05, 0) is 5.92 Å². The summed E-state index contributed by atoms with van der Waals surface area (Å²) in [5.41, 5.74) is 0.210. The molecular formula is C14H27Cl2NSi2Zr-2. The van der Waals surface area contributed by atoms with Gasteiger partial charge in [0.2, 0.25) is 0 Å². The number of hydrogen-bond donors (Lipinski definition) is 0. The number of fused-ring (bicyclic) bond motifs is 1. The fraction of sp³-hybridized carbons (Fsp3) is 0.643. The molecule has 0 radical (unpaired) electrons. The van der Waals surface area contributed by atoms with Crippen LogP contribution in [-0.2, 0) is 23.3 Å². The quantitative estimate of drug-likeness (QED) is 0.350. The molecule has 1 saturated carbocycles. The third-order valence-electron chi connectivity index (χ3n) is 2.24. The molecule has 1 N–H and O–H groups in total. The Hall–Kier alpha value is 1.34. The molecule has 2 rings (SSSR count). The van der Waals surface area contributed by atoms with Gasteiger partial charge in [-0.15, -0.1) is 12.0 Å². The summed E-state index contributed by atoms with van der Waals surface area (Å²) in [5.74, 6) is 1.62. The van der Waals surface area contributed by atoms with Crippen molar-refractivity contribution in [2.45, 2.75) is 45.6 Å². The second kappa shape index (κ2) is 14.0. The fourth-order valence-corrected chi connectivity index (χ4v) is 1.69. The Morgan fingerprint density at radius 1 is 1.15 bits per heavy atom. The van der Waals surface area contributed by atoms with Crippen LogP contribution >= 0.6 is 0 Å². The van der Waals surface area contributed by atoms with Crippen molar-refractivity contribution in [3.05, 3.63) is 36.1 Å². The monoisotopic (exact) mass is 425 g/mol. The maximum Gasteiger partial charge on any atom is -1.00 e. The number of hydrogen-bond acceptors (Lipinski definition) is 0. The summed E-state index contributed by atoms with van der Waals surface area (Å²) in [5, 5.41) is 7.08. The summed E-state index contributed by atoms with van der Waals surface area (Å²) in [6, 6.07) is 0. The maximum atomic E-state index is 7.08.